The van der Waals surface area contributed by atoms with Crippen molar-refractivity contribution >= 4 is 133 Å². The number of aromatic nitrogens is 2. The zero-order valence-electron chi connectivity index (χ0n) is 48.9. The second kappa shape index (κ2) is 22.7. The molecule has 0 aliphatic carbocycles. The van der Waals surface area contributed by atoms with E-state index in [2.05, 4.69) is 206 Å². The third kappa shape index (κ3) is 9.31. The Bertz CT molecular complexity index is 5410. The first-order chi connectivity index (χ1) is 44.4. The summed E-state index contributed by atoms with van der Waals surface area (Å²) in [4.78, 5) is 10.6. The molecule has 0 bridgehead atoms. The Kier molecular flexibility index (Phi) is 13.7. The van der Waals surface area contributed by atoms with Crippen molar-refractivity contribution in [1.29, 1.82) is 0 Å². The Morgan fingerprint density at radius 1 is 0.178 bits per heavy atom. The summed E-state index contributed by atoms with van der Waals surface area (Å²) < 4.78 is 29.8. The van der Waals surface area contributed by atoms with Gasteiger partial charge in [0.15, 0.2) is 14.3 Å². The van der Waals surface area contributed by atoms with Crippen LogP contribution in [0.25, 0.3) is 120 Å². The van der Waals surface area contributed by atoms with E-state index < -0.39 is 14.3 Å². The first-order valence-electron chi connectivity index (χ1n) is 30.4. The van der Waals surface area contributed by atoms with Crippen LogP contribution in [0, 0.1) is 0 Å². The van der Waals surface area contributed by atoms with Crippen LogP contribution in [0.2, 0.25) is 0 Å². The molecule has 0 saturated carbocycles. The van der Waals surface area contributed by atoms with Gasteiger partial charge in [0.1, 0.15) is 0 Å². The largest absolute Gasteiger partial charge is 0.309 e. The van der Waals surface area contributed by atoms with E-state index in [0.717, 1.165) is 125 Å². The number of hydrogen-bond acceptors (Lipinski definition) is 4. The monoisotopic (exact) mass is 1190 g/mol. The first-order valence-corrected chi connectivity index (χ1v) is 33.8. The van der Waals surface area contributed by atoms with Crippen LogP contribution in [-0.4, -0.2) is 9.97 Å². The van der Waals surface area contributed by atoms with Crippen LogP contribution in [-0.2, 0) is 9.13 Å². The summed E-state index contributed by atoms with van der Waals surface area (Å²) >= 11 is 0. The molecule has 0 radical (unpaired) electrons. The minimum Gasteiger partial charge on any atom is -0.309 e. The van der Waals surface area contributed by atoms with Crippen molar-refractivity contribution in [3.8, 4) is 33.4 Å². The molecule has 0 saturated heterocycles. The number of fused-ring (bicyclic) bond motifs is 12. The fourth-order valence-corrected chi connectivity index (χ4v) is 18.7. The normalized spacial score (nSPS) is 11.9. The van der Waals surface area contributed by atoms with E-state index in [1.165, 1.54) is 27.1 Å². The van der Waals surface area contributed by atoms with Crippen molar-refractivity contribution in [3.63, 3.8) is 0 Å². The Hall–Kier alpha value is -10.9. The Balaban J connectivity index is 0.000000145. The summed E-state index contributed by atoms with van der Waals surface area (Å²) in [5.74, 6) is 0. The highest BCUT2D eigenvalue weighted by Crippen LogP contribution is 2.46. The lowest BCUT2D eigenvalue weighted by Crippen LogP contribution is -2.24. The smallest absolute Gasteiger partial charge is 0.171 e. The average Bonchev–Trinajstić information content (AvgIpc) is 0.796. The third-order valence-electron chi connectivity index (χ3n) is 17.9. The van der Waals surface area contributed by atoms with Crippen molar-refractivity contribution in [2.45, 2.75) is 0 Å². The maximum absolute atomic E-state index is 15.0. The van der Waals surface area contributed by atoms with Crippen LogP contribution in [0.1, 0.15) is 0 Å². The quantitative estimate of drug-likeness (QED) is 0.0821. The van der Waals surface area contributed by atoms with Crippen molar-refractivity contribution < 1.29 is 9.13 Å². The van der Waals surface area contributed by atoms with Gasteiger partial charge >= 0.3 is 0 Å². The van der Waals surface area contributed by atoms with E-state index in [0.29, 0.717) is 0 Å². The van der Waals surface area contributed by atoms with Crippen LogP contribution < -0.4 is 31.8 Å². The van der Waals surface area contributed by atoms with Gasteiger partial charge in [-0.15, -0.1) is 0 Å². The standard InChI is InChI=1S/C45H30NOP.C39H26NOP/c47-48(36-13-3-1-4-14-36,37-15-5-2-6-16-37)38-27-23-32(24-28-38)31-19-21-35(22-20-31)43-41-29-25-33-11-7-9-17-39(33)44(41)46-45-40-18-10-8-12-34(40)26-30-42(43)45;41-42(30-13-3-1-4-14-30,31-15-5-2-6-16-31)32-23-19-29(20-24-32)37-35-25-21-27-11-7-9-17-33(27)38(35)40-39-34-18-10-8-12-28(34)22-26-36(37)39/h1-30H;1-26H. The molecule has 0 fully saturated rings. The lowest BCUT2D eigenvalue weighted by Gasteiger charge is -2.20. The second-order valence-corrected chi connectivity index (χ2v) is 28.5. The molecule has 2 aromatic heterocycles. The first kappa shape index (κ1) is 54.5. The SMILES string of the molecule is O=P(c1ccccc1)(c1ccccc1)c1ccc(-c2c3ccc4ccccc4c3nc3c2ccc2ccccc23)cc1.O=P(c1ccccc1)(c1ccccc1)c1ccc(-c2ccc(-c3c4ccc5ccccc5c4nc4c3ccc3ccccc34)cc2)cc1. The highest BCUT2D eigenvalue weighted by Gasteiger charge is 2.31. The molecule has 0 spiro atoms. The van der Waals surface area contributed by atoms with Gasteiger partial charge in [-0.25, -0.2) is 9.97 Å². The summed E-state index contributed by atoms with van der Waals surface area (Å²) in [6.45, 7) is 0. The molecule has 17 rings (SSSR count). The highest BCUT2D eigenvalue weighted by molar-refractivity contribution is 7.85. The second-order valence-electron chi connectivity index (χ2n) is 22.9. The Morgan fingerprint density at radius 2 is 0.389 bits per heavy atom. The van der Waals surface area contributed by atoms with E-state index in [4.69, 9.17) is 9.97 Å². The average molecular weight is 1190 g/mol. The Morgan fingerprint density at radius 3 is 0.667 bits per heavy atom. The number of benzene rings is 15. The fraction of sp³-hybridized carbons (Fsp3) is 0. The summed E-state index contributed by atoms with van der Waals surface area (Å²) in [7, 11) is -6.09. The molecule has 15 aromatic carbocycles. The molecule has 17 aromatic rings. The van der Waals surface area contributed by atoms with Gasteiger partial charge in [0.25, 0.3) is 0 Å². The molecule has 4 nitrogen and oxygen atoms in total. The van der Waals surface area contributed by atoms with E-state index in [1.807, 2.05) is 133 Å². The molecule has 0 unspecified atom stereocenters. The van der Waals surface area contributed by atoms with Crippen molar-refractivity contribution in [2.24, 2.45) is 0 Å². The molecule has 0 amide bonds. The molecule has 0 atom stereocenters. The summed E-state index contributed by atoms with van der Waals surface area (Å²) in [5, 5.41) is 18.8. The molecular formula is C84H56N2O2P2. The minimum absolute atomic E-state index is 0.821. The Labute approximate surface area is 521 Å². The van der Waals surface area contributed by atoms with Crippen LogP contribution in [0.4, 0.5) is 0 Å². The van der Waals surface area contributed by atoms with Gasteiger partial charge in [0.2, 0.25) is 0 Å². The zero-order chi connectivity index (χ0) is 60.2. The predicted octanol–water partition coefficient (Wildman–Crippen LogP) is 19.7. The molecule has 0 N–H and O–H groups in total. The van der Waals surface area contributed by atoms with Crippen molar-refractivity contribution in [3.05, 3.63) is 340 Å². The van der Waals surface area contributed by atoms with Crippen LogP contribution >= 0.6 is 14.3 Å². The topological polar surface area (TPSA) is 59.9 Å². The summed E-state index contributed by atoms with van der Waals surface area (Å²) in [6.07, 6.45) is 0. The van der Waals surface area contributed by atoms with Gasteiger partial charge in [0.05, 0.1) is 22.1 Å². The zero-order valence-corrected chi connectivity index (χ0v) is 50.7. The molecule has 0 aliphatic rings. The van der Waals surface area contributed by atoms with Gasteiger partial charge in [-0.1, -0.05) is 340 Å². The maximum atomic E-state index is 15.0. The fourth-order valence-electron chi connectivity index (χ4n) is 13.4. The minimum atomic E-state index is -3.06. The third-order valence-corrected chi connectivity index (χ3v) is 24.0. The van der Waals surface area contributed by atoms with Crippen molar-refractivity contribution in [1.82, 2.24) is 9.97 Å². The summed E-state index contributed by atoms with van der Waals surface area (Å²) in [5.41, 5.74) is 10.8. The van der Waals surface area contributed by atoms with E-state index in [1.54, 1.807) is 0 Å². The lowest BCUT2D eigenvalue weighted by molar-refractivity contribution is 0.591. The number of rotatable bonds is 9. The van der Waals surface area contributed by atoms with Crippen LogP contribution in [0.5, 0.6) is 0 Å². The van der Waals surface area contributed by atoms with Crippen LogP contribution in [0.15, 0.2) is 340 Å². The maximum Gasteiger partial charge on any atom is 0.171 e. The van der Waals surface area contributed by atoms with Gasteiger partial charge in [0, 0.05) is 86.0 Å². The summed E-state index contributed by atoms with van der Waals surface area (Å²) in [6, 6.07) is 116. The van der Waals surface area contributed by atoms with E-state index in [9.17, 15) is 9.13 Å². The molecule has 424 valence electrons. The van der Waals surface area contributed by atoms with Gasteiger partial charge in [-0.05, 0) is 43.8 Å². The molecule has 2 heterocycles. The number of pyridine rings is 2. The lowest BCUT2D eigenvalue weighted by atomic mass is 9.91. The molecular weight excluding hydrogens is 1130 g/mol. The van der Waals surface area contributed by atoms with Crippen molar-refractivity contribution in [2.75, 3.05) is 0 Å². The predicted molar refractivity (Wildman–Crippen MR) is 384 cm³/mol. The van der Waals surface area contributed by atoms with E-state index >= 15 is 0 Å². The van der Waals surface area contributed by atoms with Gasteiger partial charge in [-0.3, -0.25) is 0 Å². The number of hydrogen-bond donors (Lipinski definition) is 0. The van der Waals surface area contributed by atoms with Gasteiger partial charge in [-0.2, -0.15) is 0 Å². The van der Waals surface area contributed by atoms with E-state index in [-0.39, 0.29) is 0 Å². The molecule has 6 heteroatoms. The molecule has 0 aliphatic heterocycles. The van der Waals surface area contributed by atoms with Gasteiger partial charge < -0.3 is 9.13 Å². The molecule has 90 heavy (non-hydrogen) atoms. The highest BCUT2D eigenvalue weighted by atomic mass is 31.2. The number of nitrogens with zero attached hydrogens (tertiary/aromatic N) is 2. The van der Waals surface area contributed by atoms with Crippen LogP contribution in [0.3, 0.4) is 0 Å².